The molecule has 2 aromatic rings. The van der Waals surface area contributed by atoms with Crippen LogP contribution in [0.5, 0.6) is 5.75 Å². The first kappa shape index (κ1) is 27.4. The number of nitrogens with zero attached hydrogens (tertiary/aromatic N) is 1. The van der Waals surface area contributed by atoms with Crippen LogP contribution in [0.2, 0.25) is 0 Å². The Kier molecular flexibility index (Phi) is 9.97. The summed E-state index contributed by atoms with van der Waals surface area (Å²) in [4.78, 5) is 70.5. The fourth-order valence-electron chi connectivity index (χ4n) is 2.90. The number of carbonyl (C=O) groups is 5. The number of aromatic hydroxyl groups is 1. The van der Waals surface area contributed by atoms with Gasteiger partial charge in [-0.1, -0.05) is 30.3 Å². The normalized spacial score (nSPS) is 10.2. The molecule has 0 aliphatic heterocycles. The van der Waals surface area contributed by atoms with Gasteiger partial charge in [-0.2, -0.15) is 0 Å². The summed E-state index contributed by atoms with van der Waals surface area (Å²) < 4.78 is 5.78. The summed E-state index contributed by atoms with van der Waals surface area (Å²) in [6.45, 7) is -1.67. The van der Waals surface area contributed by atoms with Crippen molar-refractivity contribution in [2.24, 2.45) is 0 Å². The van der Waals surface area contributed by atoms with Gasteiger partial charge < -0.3 is 40.6 Å². The van der Waals surface area contributed by atoms with Gasteiger partial charge in [0, 0.05) is 12.7 Å². The Morgan fingerprint density at radius 2 is 1.53 bits per heavy atom. The number of alkyl carbamates (subject to hydrolysis) is 1. The molecule has 0 spiro atoms. The van der Waals surface area contributed by atoms with Crippen molar-refractivity contribution in [3.8, 4) is 5.75 Å². The third-order valence-electron chi connectivity index (χ3n) is 4.54. The van der Waals surface area contributed by atoms with Crippen molar-refractivity contribution in [2.45, 2.75) is 13.0 Å². The van der Waals surface area contributed by atoms with Gasteiger partial charge in [-0.25, -0.2) is 4.79 Å². The Hall–Kier alpha value is -4.88. The minimum Gasteiger partial charge on any atom is -0.506 e. The molecule has 14 nitrogen and oxygen atoms in total. The number of nitrogens with one attached hydrogen (secondary N) is 3. The van der Waals surface area contributed by atoms with Crippen molar-refractivity contribution in [1.82, 2.24) is 20.5 Å². The zero-order chi connectivity index (χ0) is 26.7. The van der Waals surface area contributed by atoms with Gasteiger partial charge in [-0.15, -0.1) is 0 Å². The molecule has 0 unspecified atom stereocenters. The van der Waals surface area contributed by atoms with Crippen LogP contribution in [0.4, 0.5) is 4.79 Å². The van der Waals surface area contributed by atoms with Gasteiger partial charge in [0.25, 0.3) is 17.4 Å². The number of benzene rings is 1. The summed E-state index contributed by atoms with van der Waals surface area (Å²) >= 11 is 0. The van der Waals surface area contributed by atoms with Gasteiger partial charge in [0.2, 0.25) is 0 Å². The Morgan fingerprint density at radius 3 is 2.17 bits per heavy atom. The number of aliphatic carboxylic acids is 2. The van der Waals surface area contributed by atoms with Crippen LogP contribution in [0.3, 0.4) is 0 Å². The van der Waals surface area contributed by atoms with Crippen molar-refractivity contribution in [2.75, 3.05) is 26.2 Å². The predicted octanol–water partition coefficient (Wildman–Crippen LogP) is -0.653. The molecule has 36 heavy (non-hydrogen) atoms. The number of pyridine rings is 1. The zero-order valence-electron chi connectivity index (χ0n) is 18.9. The topological polar surface area (TPSA) is 213 Å². The number of carbonyl (C=O) groups excluding carboxylic acids is 3. The smallest absolute Gasteiger partial charge is 0.407 e. The van der Waals surface area contributed by atoms with Crippen LogP contribution in [-0.2, 0) is 20.9 Å². The standard InChI is InChI=1S/C22H24N4O10/c27-15(28)9-24-20(33)17-18(31)14(12-26(21(17)34)11-13-5-2-1-3-6-13)19(32)23-7-4-8-36-22(35)25-10-16(29)30/h1-3,5-6,12,31H,4,7-11H2,(H,23,32)(H,24,33)(H,25,35)(H,27,28)(H,29,30). The Labute approximate surface area is 203 Å². The molecule has 3 amide bonds. The number of hydrogen-bond donors (Lipinski definition) is 6. The average molecular weight is 504 g/mol. The SMILES string of the molecule is O=C(O)CNC(=O)OCCCNC(=O)c1cn(Cc2ccccc2)c(=O)c(C(=O)NCC(=O)O)c1O. The van der Waals surface area contributed by atoms with Crippen molar-refractivity contribution in [3.05, 3.63) is 63.6 Å². The molecule has 6 N–H and O–H groups in total. The lowest BCUT2D eigenvalue weighted by molar-refractivity contribution is -0.136. The number of hydrogen-bond acceptors (Lipinski definition) is 8. The number of carboxylic acid groups (broad SMARTS) is 2. The Morgan fingerprint density at radius 1 is 0.889 bits per heavy atom. The summed E-state index contributed by atoms with van der Waals surface area (Å²) in [5, 5.41) is 34.2. The molecule has 0 fully saturated rings. The molecule has 0 saturated carbocycles. The van der Waals surface area contributed by atoms with Crippen LogP contribution >= 0.6 is 0 Å². The van der Waals surface area contributed by atoms with Crippen molar-refractivity contribution in [3.63, 3.8) is 0 Å². The second-order valence-electron chi connectivity index (χ2n) is 7.25. The molecule has 1 heterocycles. The number of amides is 3. The molecule has 2 rings (SSSR count). The third-order valence-corrected chi connectivity index (χ3v) is 4.54. The maximum Gasteiger partial charge on any atom is 0.407 e. The number of ether oxygens (including phenoxy) is 1. The van der Waals surface area contributed by atoms with Crippen molar-refractivity contribution >= 4 is 29.8 Å². The Bertz CT molecular complexity index is 1190. The van der Waals surface area contributed by atoms with Gasteiger partial charge in [0.15, 0.2) is 0 Å². The van der Waals surface area contributed by atoms with E-state index in [0.29, 0.717) is 5.56 Å². The lowest BCUT2D eigenvalue weighted by atomic mass is 10.1. The first-order chi connectivity index (χ1) is 17.1. The highest BCUT2D eigenvalue weighted by molar-refractivity contribution is 6.04. The summed E-state index contributed by atoms with van der Waals surface area (Å²) in [5.41, 5.74) is -1.48. The monoisotopic (exact) mass is 504 g/mol. The lowest BCUT2D eigenvalue weighted by Gasteiger charge is -2.14. The van der Waals surface area contributed by atoms with Crippen LogP contribution < -0.4 is 21.5 Å². The van der Waals surface area contributed by atoms with Gasteiger partial charge in [-0.05, 0) is 12.0 Å². The minimum absolute atomic E-state index is 0.0388. The maximum atomic E-state index is 12.9. The molecule has 0 radical (unpaired) electrons. The van der Waals surface area contributed by atoms with E-state index in [-0.39, 0.29) is 26.1 Å². The molecule has 0 aliphatic carbocycles. The second kappa shape index (κ2) is 13.1. The predicted molar refractivity (Wildman–Crippen MR) is 122 cm³/mol. The van der Waals surface area contributed by atoms with E-state index in [0.717, 1.165) is 10.8 Å². The summed E-state index contributed by atoms with van der Waals surface area (Å²) in [5.74, 6) is -5.56. The molecule has 1 aromatic heterocycles. The van der Waals surface area contributed by atoms with Crippen LogP contribution in [-0.4, -0.2) is 76.0 Å². The lowest BCUT2D eigenvalue weighted by Crippen LogP contribution is -2.37. The molecule has 14 heteroatoms. The number of rotatable bonds is 12. The first-order valence-corrected chi connectivity index (χ1v) is 10.5. The fourth-order valence-corrected chi connectivity index (χ4v) is 2.90. The largest absolute Gasteiger partial charge is 0.506 e. The number of aromatic nitrogens is 1. The van der Waals surface area contributed by atoms with Crippen LogP contribution in [0, 0.1) is 0 Å². The minimum atomic E-state index is -1.37. The van der Waals surface area contributed by atoms with Crippen LogP contribution in [0.15, 0.2) is 41.3 Å². The van der Waals surface area contributed by atoms with Crippen molar-refractivity contribution in [1.29, 1.82) is 0 Å². The average Bonchev–Trinajstić information content (AvgIpc) is 2.83. The van der Waals surface area contributed by atoms with Gasteiger partial charge in [0.1, 0.15) is 24.4 Å². The van der Waals surface area contributed by atoms with E-state index in [4.69, 9.17) is 14.9 Å². The van der Waals surface area contributed by atoms with E-state index < -0.39 is 65.4 Å². The highest BCUT2D eigenvalue weighted by Crippen LogP contribution is 2.20. The first-order valence-electron chi connectivity index (χ1n) is 10.5. The Balaban J connectivity index is 2.18. The number of carboxylic acids is 2. The molecule has 0 saturated heterocycles. The van der Waals surface area contributed by atoms with Gasteiger partial charge >= 0.3 is 18.0 Å². The van der Waals surface area contributed by atoms with E-state index in [1.165, 1.54) is 0 Å². The fraction of sp³-hybridized carbons (Fsp3) is 0.273. The van der Waals surface area contributed by atoms with Crippen LogP contribution in [0.25, 0.3) is 0 Å². The maximum absolute atomic E-state index is 12.9. The van der Waals surface area contributed by atoms with E-state index >= 15 is 0 Å². The molecular weight excluding hydrogens is 480 g/mol. The van der Waals surface area contributed by atoms with E-state index in [9.17, 15) is 33.9 Å². The summed E-state index contributed by atoms with van der Waals surface area (Å²) in [6.07, 6.45) is 0.248. The third kappa shape index (κ3) is 8.16. The van der Waals surface area contributed by atoms with Gasteiger partial charge in [-0.3, -0.25) is 24.0 Å². The summed E-state index contributed by atoms with van der Waals surface area (Å²) in [6, 6.07) is 8.61. The molecule has 0 aliphatic rings. The quantitative estimate of drug-likeness (QED) is 0.201. The molecule has 192 valence electrons. The van der Waals surface area contributed by atoms with E-state index in [1.807, 2.05) is 10.6 Å². The summed E-state index contributed by atoms with van der Waals surface area (Å²) in [7, 11) is 0. The second-order valence-corrected chi connectivity index (χ2v) is 7.25. The molecule has 1 aromatic carbocycles. The van der Waals surface area contributed by atoms with Crippen LogP contribution in [0.1, 0.15) is 32.7 Å². The van der Waals surface area contributed by atoms with Crippen molar-refractivity contribution < 1.29 is 44.0 Å². The molecule has 0 atom stereocenters. The molecule has 0 bridgehead atoms. The molecular formula is C22H24N4O10. The van der Waals surface area contributed by atoms with E-state index in [1.54, 1.807) is 30.3 Å². The van der Waals surface area contributed by atoms with Gasteiger partial charge in [0.05, 0.1) is 18.7 Å². The highest BCUT2D eigenvalue weighted by atomic mass is 16.5. The highest BCUT2D eigenvalue weighted by Gasteiger charge is 2.25. The zero-order valence-corrected chi connectivity index (χ0v) is 18.9. The van der Waals surface area contributed by atoms with E-state index in [2.05, 4.69) is 5.32 Å².